The van der Waals surface area contributed by atoms with Gasteiger partial charge in [-0.2, -0.15) is 5.26 Å². The van der Waals surface area contributed by atoms with E-state index in [-0.39, 0.29) is 12.3 Å². The van der Waals surface area contributed by atoms with Crippen molar-refractivity contribution in [2.45, 2.75) is 13.3 Å². The van der Waals surface area contributed by atoms with Crippen LogP contribution in [-0.4, -0.2) is 27.2 Å². The summed E-state index contributed by atoms with van der Waals surface area (Å²) in [7, 11) is 4.73. The van der Waals surface area contributed by atoms with Crippen molar-refractivity contribution in [3.63, 3.8) is 0 Å². The van der Waals surface area contributed by atoms with Crippen LogP contribution in [0.25, 0.3) is 0 Å². The van der Waals surface area contributed by atoms with E-state index in [1.807, 2.05) is 13.0 Å². The molecule has 5 heteroatoms. The summed E-state index contributed by atoms with van der Waals surface area (Å²) in [5.74, 6) is 0.986. The molecule has 0 heterocycles. The Balaban J connectivity index is 3.21. The molecule has 0 atom stereocenters. The van der Waals surface area contributed by atoms with Gasteiger partial charge in [0.2, 0.25) is 5.91 Å². The van der Waals surface area contributed by atoms with Crippen molar-refractivity contribution in [3.05, 3.63) is 17.7 Å². The maximum absolute atomic E-state index is 11.7. The van der Waals surface area contributed by atoms with Crippen molar-refractivity contribution in [1.82, 2.24) is 0 Å². The van der Waals surface area contributed by atoms with Crippen LogP contribution in [0.2, 0.25) is 0 Å². The molecule has 1 rings (SSSR count). The van der Waals surface area contributed by atoms with Crippen LogP contribution >= 0.6 is 0 Å². The van der Waals surface area contributed by atoms with Gasteiger partial charge in [-0.3, -0.25) is 4.79 Å². The first-order valence-corrected chi connectivity index (χ1v) is 5.41. The van der Waals surface area contributed by atoms with Crippen LogP contribution in [0.15, 0.2) is 12.1 Å². The van der Waals surface area contributed by atoms with Gasteiger partial charge >= 0.3 is 0 Å². The molecule has 0 fully saturated rings. The summed E-state index contributed by atoms with van der Waals surface area (Å²) in [6, 6.07) is 5.34. The molecular weight excluding hydrogens is 232 g/mol. The van der Waals surface area contributed by atoms with Gasteiger partial charge in [-0.15, -0.1) is 0 Å². The quantitative estimate of drug-likeness (QED) is 0.816. The Morgan fingerprint density at radius 3 is 2.56 bits per heavy atom. The zero-order chi connectivity index (χ0) is 13.7. The van der Waals surface area contributed by atoms with E-state index in [0.29, 0.717) is 17.2 Å². The number of anilines is 1. The van der Waals surface area contributed by atoms with Crippen LogP contribution in [0.1, 0.15) is 12.0 Å². The predicted octanol–water partition coefficient (Wildman–Crippen LogP) is 1.89. The Hall–Kier alpha value is -2.22. The van der Waals surface area contributed by atoms with Gasteiger partial charge in [0, 0.05) is 12.6 Å². The van der Waals surface area contributed by atoms with E-state index in [1.165, 1.54) is 12.0 Å². The van der Waals surface area contributed by atoms with Crippen molar-refractivity contribution >= 4 is 11.6 Å². The maximum atomic E-state index is 11.7. The fourth-order valence-corrected chi connectivity index (χ4v) is 1.72. The molecule has 0 N–H and O–H groups in total. The molecule has 0 aliphatic carbocycles. The van der Waals surface area contributed by atoms with Crippen LogP contribution < -0.4 is 14.4 Å². The summed E-state index contributed by atoms with van der Waals surface area (Å²) in [6.45, 7) is 1.85. The van der Waals surface area contributed by atoms with Crippen LogP contribution in [-0.2, 0) is 4.79 Å². The van der Waals surface area contributed by atoms with Gasteiger partial charge in [0.05, 0.1) is 26.0 Å². The molecule has 18 heavy (non-hydrogen) atoms. The highest BCUT2D eigenvalue weighted by molar-refractivity contribution is 5.95. The van der Waals surface area contributed by atoms with Gasteiger partial charge in [0.15, 0.2) is 0 Å². The molecule has 0 saturated carbocycles. The number of nitrogens with zero attached hydrogens (tertiary/aromatic N) is 2. The highest BCUT2D eigenvalue weighted by Crippen LogP contribution is 2.36. The minimum absolute atomic E-state index is 0.162. The average Bonchev–Trinajstić information content (AvgIpc) is 2.37. The molecule has 0 aromatic heterocycles. The van der Waals surface area contributed by atoms with Crippen LogP contribution in [0.5, 0.6) is 11.5 Å². The topological polar surface area (TPSA) is 62.6 Å². The Labute approximate surface area is 107 Å². The number of methoxy groups -OCH3 is 2. The highest BCUT2D eigenvalue weighted by Gasteiger charge is 2.18. The second-order valence-electron chi connectivity index (χ2n) is 3.73. The third-order valence-electron chi connectivity index (χ3n) is 2.73. The van der Waals surface area contributed by atoms with Crippen molar-refractivity contribution in [1.29, 1.82) is 5.26 Å². The number of hydrogen-bond donors (Lipinski definition) is 0. The van der Waals surface area contributed by atoms with Gasteiger partial charge in [0.1, 0.15) is 17.9 Å². The monoisotopic (exact) mass is 248 g/mol. The minimum atomic E-state index is -0.277. The third-order valence-corrected chi connectivity index (χ3v) is 2.73. The molecule has 0 aliphatic rings. The summed E-state index contributed by atoms with van der Waals surface area (Å²) >= 11 is 0. The van der Waals surface area contributed by atoms with Crippen LogP contribution in [0.4, 0.5) is 5.69 Å². The third kappa shape index (κ3) is 2.54. The molecule has 0 aliphatic heterocycles. The fraction of sp³-hybridized carbons (Fsp3) is 0.385. The van der Waals surface area contributed by atoms with Crippen LogP contribution in [0.3, 0.4) is 0 Å². The standard InChI is InChI=1S/C13H16N2O3/c1-9-11(17-3)6-5-10(13(9)18-4)15(2)12(16)7-8-14/h5-6H,7H2,1-4H3. The SMILES string of the molecule is COc1ccc(N(C)C(=O)CC#N)c(OC)c1C. The van der Waals surface area contributed by atoms with E-state index >= 15 is 0 Å². The minimum Gasteiger partial charge on any atom is -0.496 e. The molecule has 0 saturated heterocycles. The number of carbonyl (C=O) groups is 1. The Morgan fingerprint density at radius 1 is 1.39 bits per heavy atom. The zero-order valence-electron chi connectivity index (χ0n) is 11.0. The number of hydrogen-bond acceptors (Lipinski definition) is 4. The summed E-state index contributed by atoms with van der Waals surface area (Å²) in [5.41, 5.74) is 1.44. The molecule has 0 unspecified atom stereocenters. The van der Waals surface area contributed by atoms with Crippen molar-refractivity contribution in [2.75, 3.05) is 26.2 Å². The number of nitriles is 1. The number of rotatable bonds is 4. The van der Waals surface area contributed by atoms with Gasteiger partial charge in [-0.25, -0.2) is 0 Å². The molecule has 0 bridgehead atoms. The van der Waals surface area contributed by atoms with Gasteiger partial charge < -0.3 is 14.4 Å². The second-order valence-corrected chi connectivity index (χ2v) is 3.73. The first-order chi connectivity index (χ1) is 8.56. The Bertz CT molecular complexity index is 492. The average molecular weight is 248 g/mol. The molecular formula is C13H16N2O3. The van der Waals surface area contributed by atoms with Crippen molar-refractivity contribution < 1.29 is 14.3 Å². The van der Waals surface area contributed by atoms with E-state index in [0.717, 1.165) is 5.56 Å². The van der Waals surface area contributed by atoms with E-state index in [1.54, 1.807) is 26.3 Å². The van der Waals surface area contributed by atoms with E-state index < -0.39 is 0 Å². The second kappa shape index (κ2) is 5.92. The molecule has 1 aromatic rings. The van der Waals surface area contributed by atoms with Crippen LogP contribution in [0, 0.1) is 18.3 Å². The van der Waals surface area contributed by atoms with Gasteiger partial charge in [-0.1, -0.05) is 0 Å². The summed E-state index contributed by atoms with van der Waals surface area (Å²) in [4.78, 5) is 13.1. The number of carbonyl (C=O) groups excluding carboxylic acids is 1. The normalized spacial score (nSPS) is 9.50. The summed E-state index contributed by atoms with van der Waals surface area (Å²) in [6.07, 6.45) is -0.162. The maximum Gasteiger partial charge on any atom is 0.241 e. The lowest BCUT2D eigenvalue weighted by molar-refractivity contribution is -0.117. The lowest BCUT2D eigenvalue weighted by Crippen LogP contribution is -2.26. The predicted molar refractivity (Wildman–Crippen MR) is 67.9 cm³/mol. The van der Waals surface area contributed by atoms with E-state index in [4.69, 9.17) is 14.7 Å². The molecule has 0 radical (unpaired) electrons. The molecule has 1 amide bonds. The fourth-order valence-electron chi connectivity index (χ4n) is 1.72. The lowest BCUT2D eigenvalue weighted by Gasteiger charge is -2.21. The smallest absolute Gasteiger partial charge is 0.241 e. The highest BCUT2D eigenvalue weighted by atomic mass is 16.5. The van der Waals surface area contributed by atoms with Gasteiger partial charge in [0.25, 0.3) is 0 Å². The molecule has 1 aromatic carbocycles. The Kier molecular flexibility index (Phi) is 4.55. The van der Waals surface area contributed by atoms with Gasteiger partial charge in [-0.05, 0) is 19.1 Å². The first-order valence-electron chi connectivity index (χ1n) is 5.41. The Morgan fingerprint density at radius 2 is 2.06 bits per heavy atom. The lowest BCUT2D eigenvalue weighted by atomic mass is 10.1. The number of amides is 1. The molecule has 96 valence electrons. The summed E-state index contributed by atoms with van der Waals surface area (Å²) in [5, 5.41) is 8.55. The first kappa shape index (κ1) is 13.8. The van der Waals surface area contributed by atoms with Crippen molar-refractivity contribution in [3.8, 4) is 17.6 Å². The van der Waals surface area contributed by atoms with E-state index in [2.05, 4.69) is 0 Å². The molecule has 0 spiro atoms. The zero-order valence-corrected chi connectivity index (χ0v) is 11.0. The number of benzene rings is 1. The molecule has 5 nitrogen and oxygen atoms in total. The number of ether oxygens (including phenoxy) is 2. The summed E-state index contributed by atoms with van der Waals surface area (Å²) < 4.78 is 10.5. The largest absolute Gasteiger partial charge is 0.496 e. The van der Waals surface area contributed by atoms with Crippen molar-refractivity contribution in [2.24, 2.45) is 0 Å². The van der Waals surface area contributed by atoms with E-state index in [9.17, 15) is 4.79 Å².